The molecule has 0 aliphatic heterocycles. The van der Waals surface area contributed by atoms with Gasteiger partial charge >= 0.3 is 0 Å². The fourth-order valence-corrected chi connectivity index (χ4v) is 8.66. The van der Waals surface area contributed by atoms with Crippen molar-refractivity contribution < 1.29 is 0 Å². The van der Waals surface area contributed by atoms with Crippen LogP contribution in [-0.2, 0) is 0 Å². The maximum atomic E-state index is 2.45. The van der Waals surface area contributed by atoms with Gasteiger partial charge in [0.05, 0.1) is 27.8 Å². The van der Waals surface area contributed by atoms with Crippen LogP contribution in [0.2, 0.25) is 0 Å². The van der Waals surface area contributed by atoms with Crippen LogP contribution in [0.4, 0.5) is 0 Å². The van der Waals surface area contributed by atoms with Gasteiger partial charge in [-0.3, -0.25) is 0 Å². The van der Waals surface area contributed by atoms with E-state index >= 15 is 0 Å². The minimum atomic E-state index is 1.14. The van der Waals surface area contributed by atoms with Crippen LogP contribution in [0.25, 0.3) is 99.5 Å². The molecule has 0 aliphatic carbocycles. The number of aromatic nitrogens is 2. The first kappa shape index (κ1) is 32.0. The van der Waals surface area contributed by atoms with Gasteiger partial charge in [0.15, 0.2) is 0 Å². The van der Waals surface area contributed by atoms with E-state index in [1.165, 1.54) is 93.8 Å². The minimum absolute atomic E-state index is 1.14. The fourth-order valence-electron chi connectivity index (χ4n) is 8.66. The van der Waals surface area contributed by atoms with Gasteiger partial charge in [0, 0.05) is 32.8 Å². The van der Waals surface area contributed by atoms with Crippen molar-refractivity contribution in [3.05, 3.63) is 218 Å². The molecule has 2 heterocycles. The molecule has 0 fully saturated rings. The second kappa shape index (κ2) is 13.2. The largest absolute Gasteiger partial charge is 0.309 e. The highest BCUT2D eigenvalue weighted by molar-refractivity contribution is 6.12. The van der Waals surface area contributed by atoms with Crippen molar-refractivity contribution in [2.75, 3.05) is 0 Å². The highest BCUT2D eigenvalue weighted by Gasteiger charge is 2.18. The third kappa shape index (κ3) is 5.26. The van der Waals surface area contributed by atoms with E-state index in [0.29, 0.717) is 0 Å². The number of hydrogen-bond acceptors (Lipinski definition) is 0. The average Bonchev–Trinajstić information content (AvgIpc) is 3.79. The van der Waals surface area contributed by atoms with Crippen molar-refractivity contribution in [1.82, 2.24) is 9.13 Å². The van der Waals surface area contributed by atoms with Gasteiger partial charge < -0.3 is 9.13 Å². The topological polar surface area (TPSA) is 9.86 Å². The molecule has 2 aromatic heterocycles. The summed E-state index contributed by atoms with van der Waals surface area (Å²) in [5.74, 6) is 0. The molecule has 262 valence electrons. The predicted octanol–water partition coefficient (Wildman–Crippen LogP) is 14.5. The molecule has 0 saturated heterocycles. The molecule has 9 aromatic carbocycles. The van der Waals surface area contributed by atoms with E-state index in [2.05, 4.69) is 228 Å². The summed E-state index contributed by atoms with van der Waals surface area (Å²) in [7, 11) is 0. The lowest BCUT2D eigenvalue weighted by molar-refractivity contribution is 1.18. The zero-order valence-corrected chi connectivity index (χ0v) is 30.7. The number of rotatable bonds is 6. The lowest BCUT2D eigenvalue weighted by Crippen LogP contribution is -1.97. The second-order valence-electron chi connectivity index (χ2n) is 14.5. The number of hydrogen-bond donors (Lipinski definition) is 0. The lowest BCUT2D eigenvalue weighted by Gasteiger charge is -2.14. The standard InChI is InChI=1S/C54H36N2/c1-3-13-37(14-4-1)38-23-25-39(26-24-38)40-27-31-44(32-28-40)55-51-21-11-8-18-46(51)48-33-29-42(35-53(48)55)43-30-34-49-47-19-9-12-22-52(47)56(54(49)36-43)50-20-10-7-17-45(50)41-15-5-2-6-16-41/h1-36H. The Balaban J connectivity index is 1.04. The van der Waals surface area contributed by atoms with Gasteiger partial charge in [0.2, 0.25) is 0 Å². The summed E-state index contributed by atoms with van der Waals surface area (Å²) in [4.78, 5) is 0. The van der Waals surface area contributed by atoms with Crippen LogP contribution in [-0.4, -0.2) is 9.13 Å². The van der Waals surface area contributed by atoms with Crippen LogP contribution in [0.1, 0.15) is 0 Å². The summed E-state index contributed by atoms with van der Waals surface area (Å²) in [5, 5.41) is 5.00. The van der Waals surface area contributed by atoms with Crippen molar-refractivity contribution in [2.45, 2.75) is 0 Å². The number of nitrogens with zero attached hydrogens (tertiary/aromatic N) is 2. The Bertz CT molecular complexity index is 3200. The molecule has 0 bridgehead atoms. The van der Waals surface area contributed by atoms with Crippen LogP contribution < -0.4 is 0 Å². The molecule has 56 heavy (non-hydrogen) atoms. The Kier molecular flexibility index (Phi) is 7.53. The number of para-hydroxylation sites is 3. The van der Waals surface area contributed by atoms with Crippen molar-refractivity contribution >= 4 is 43.6 Å². The van der Waals surface area contributed by atoms with Gasteiger partial charge in [0.25, 0.3) is 0 Å². The van der Waals surface area contributed by atoms with E-state index in [-0.39, 0.29) is 0 Å². The predicted molar refractivity (Wildman–Crippen MR) is 237 cm³/mol. The minimum Gasteiger partial charge on any atom is -0.309 e. The van der Waals surface area contributed by atoms with Crippen LogP contribution in [0.15, 0.2) is 218 Å². The van der Waals surface area contributed by atoms with Crippen LogP contribution >= 0.6 is 0 Å². The normalized spacial score (nSPS) is 11.6. The molecule has 0 unspecified atom stereocenters. The molecule has 0 aliphatic rings. The monoisotopic (exact) mass is 712 g/mol. The highest BCUT2D eigenvalue weighted by atomic mass is 15.0. The van der Waals surface area contributed by atoms with E-state index < -0.39 is 0 Å². The van der Waals surface area contributed by atoms with E-state index in [1.807, 2.05) is 0 Å². The Morgan fingerprint density at radius 2 is 0.625 bits per heavy atom. The SMILES string of the molecule is c1ccc(-c2ccc(-c3ccc(-n4c5ccccc5c5ccc(-c6ccc7c8ccccc8n(-c8ccccc8-c8ccccc8)c7c6)cc54)cc3)cc2)cc1. The molecule has 0 atom stereocenters. The third-order valence-corrected chi connectivity index (χ3v) is 11.4. The molecule has 0 amide bonds. The Morgan fingerprint density at radius 3 is 1.21 bits per heavy atom. The van der Waals surface area contributed by atoms with Gasteiger partial charge in [-0.1, -0.05) is 176 Å². The molecule has 0 saturated carbocycles. The van der Waals surface area contributed by atoms with Crippen molar-refractivity contribution in [3.8, 4) is 55.9 Å². The maximum Gasteiger partial charge on any atom is 0.0547 e. The maximum absolute atomic E-state index is 2.45. The van der Waals surface area contributed by atoms with Gasteiger partial charge in [-0.05, 0) is 81.4 Å². The van der Waals surface area contributed by atoms with Crippen molar-refractivity contribution in [3.63, 3.8) is 0 Å². The lowest BCUT2D eigenvalue weighted by atomic mass is 10.00. The molecule has 0 radical (unpaired) electrons. The Hall–Kier alpha value is -7.42. The first-order valence-electron chi connectivity index (χ1n) is 19.3. The molecule has 11 aromatic rings. The summed E-state index contributed by atoms with van der Waals surface area (Å²) in [5.41, 5.74) is 16.8. The summed E-state index contributed by atoms with van der Waals surface area (Å²) < 4.78 is 4.87. The third-order valence-electron chi connectivity index (χ3n) is 11.4. The summed E-state index contributed by atoms with van der Waals surface area (Å²) in [6, 6.07) is 79.4. The summed E-state index contributed by atoms with van der Waals surface area (Å²) in [6.45, 7) is 0. The summed E-state index contributed by atoms with van der Waals surface area (Å²) in [6.07, 6.45) is 0. The van der Waals surface area contributed by atoms with Crippen LogP contribution in [0.5, 0.6) is 0 Å². The molecule has 0 N–H and O–H groups in total. The zero-order chi connectivity index (χ0) is 37.0. The van der Waals surface area contributed by atoms with Crippen molar-refractivity contribution in [2.24, 2.45) is 0 Å². The van der Waals surface area contributed by atoms with E-state index in [1.54, 1.807) is 0 Å². The zero-order valence-electron chi connectivity index (χ0n) is 30.7. The first-order valence-corrected chi connectivity index (χ1v) is 19.3. The highest BCUT2D eigenvalue weighted by Crippen LogP contribution is 2.40. The van der Waals surface area contributed by atoms with Crippen LogP contribution in [0, 0.1) is 0 Å². The van der Waals surface area contributed by atoms with E-state index in [4.69, 9.17) is 0 Å². The van der Waals surface area contributed by atoms with Crippen molar-refractivity contribution in [1.29, 1.82) is 0 Å². The quantitative estimate of drug-likeness (QED) is 0.162. The molecular weight excluding hydrogens is 677 g/mol. The molecule has 11 rings (SSSR count). The van der Waals surface area contributed by atoms with Gasteiger partial charge in [0.1, 0.15) is 0 Å². The molecule has 2 nitrogen and oxygen atoms in total. The van der Waals surface area contributed by atoms with E-state index in [9.17, 15) is 0 Å². The fraction of sp³-hybridized carbons (Fsp3) is 0. The second-order valence-corrected chi connectivity index (χ2v) is 14.5. The summed E-state index contributed by atoms with van der Waals surface area (Å²) >= 11 is 0. The average molecular weight is 713 g/mol. The van der Waals surface area contributed by atoms with Gasteiger partial charge in [-0.2, -0.15) is 0 Å². The van der Waals surface area contributed by atoms with Gasteiger partial charge in [-0.15, -0.1) is 0 Å². The molecule has 0 spiro atoms. The first-order chi connectivity index (χ1) is 27.8. The van der Waals surface area contributed by atoms with E-state index in [0.717, 1.165) is 5.69 Å². The number of benzene rings is 9. The van der Waals surface area contributed by atoms with Gasteiger partial charge in [-0.25, -0.2) is 0 Å². The van der Waals surface area contributed by atoms with Crippen LogP contribution in [0.3, 0.4) is 0 Å². The Labute approximate surface area is 325 Å². The molecule has 2 heteroatoms. The smallest absolute Gasteiger partial charge is 0.0547 e. The Morgan fingerprint density at radius 1 is 0.232 bits per heavy atom. The molecular formula is C54H36N2. The number of fused-ring (bicyclic) bond motifs is 6.